The molecule has 1 aromatic carbocycles. The molecule has 5 heteroatoms. The molecule has 1 aromatic rings. The second kappa shape index (κ2) is 8.67. The van der Waals surface area contributed by atoms with Gasteiger partial charge in [0.25, 0.3) is 0 Å². The van der Waals surface area contributed by atoms with Crippen LogP contribution < -0.4 is 5.32 Å². The van der Waals surface area contributed by atoms with Crippen LogP contribution >= 0.6 is 0 Å². The maximum Gasteiger partial charge on any atom is 0.335 e. The zero-order valence-corrected chi connectivity index (χ0v) is 13.6. The monoisotopic (exact) mass is 319 g/mol. The maximum absolute atomic E-state index is 11.8. The fraction of sp³-hybridized carbons (Fsp3) is 0.556. The molecule has 0 aliphatic heterocycles. The third-order valence-corrected chi connectivity index (χ3v) is 4.40. The number of benzene rings is 1. The standard InChI is InChI=1S/C18H25NO4/c1-13-4-2-3-5-16(13)23-12-17(20)19-11-10-14-6-8-15(9-7-14)18(21)22/h6-9,13,16H,2-5,10-12H2,1H3,(H,19,20)(H,21,22). The van der Waals surface area contributed by atoms with Gasteiger partial charge in [-0.3, -0.25) is 4.79 Å². The summed E-state index contributed by atoms with van der Waals surface area (Å²) in [6, 6.07) is 6.70. The Morgan fingerprint density at radius 2 is 1.91 bits per heavy atom. The first-order valence-corrected chi connectivity index (χ1v) is 8.27. The normalized spacial score (nSPS) is 20.9. The van der Waals surface area contributed by atoms with Crippen LogP contribution in [0.3, 0.4) is 0 Å². The molecule has 2 atom stereocenters. The summed E-state index contributed by atoms with van der Waals surface area (Å²) in [6.07, 6.45) is 5.55. The summed E-state index contributed by atoms with van der Waals surface area (Å²) < 4.78 is 5.72. The number of ether oxygens (including phenoxy) is 1. The summed E-state index contributed by atoms with van der Waals surface area (Å²) >= 11 is 0. The van der Waals surface area contributed by atoms with Crippen molar-refractivity contribution in [3.8, 4) is 0 Å². The number of carbonyl (C=O) groups is 2. The van der Waals surface area contributed by atoms with Crippen molar-refractivity contribution in [3.63, 3.8) is 0 Å². The fourth-order valence-corrected chi connectivity index (χ4v) is 2.92. The van der Waals surface area contributed by atoms with Crippen LogP contribution in [0, 0.1) is 5.92 Å². The summed E-state index contributed by atoms with van der Waals surface area (Å²) in [4.78, 5) is 22.6. The SMILES string of the molecule is CC1CCCCC1OCC(=O)NCCc1ccc(C(=O)O)cc1. The topological polar surface area (TPSA) is 75.6 Å². The molecule has 2 N–H and O–H groups in total. The van der Waals surface area contributed by atoms with Crippen LogP contribution in [0.1, 0.15) is 48.5 Å². The Hall–Kier alpha value is -1.88. The molecule has 1 fully saturated rings. The molecule has 126 valence electrons. The lowest BCUT2D eigenvalue weighted by Crippen LogP contribution is -2.34. The lowest BCUT2D eigenvalue weighted by Gasteiger charge is -2.28. The van der Waals surface area contributed by atoms with E-state index in [0.717, 1.165) is 12.0 Å². The Kier molecular flexibility index (Phi) is 6.59. The van der Waals surface area contributed by atoms with Gasteiger partial charge < -0.3 is 15.2 Å². The Morgan fingerprint density at radius 3 is 2.57 bits per heavy atom. The number of hydrogen-bond acceptors (Lipinski definition) is 3. The van der Waals surface area contributed by atoms with Gasteiger partial charge in [-0.1, -0.05) is 31.9 Å². The molecule has 2 rings (SSSR count). The molecular formula is C18H25NO4. The lowest BCUT2D eigenvalue weighted by molar-refractivity contribution is -0.129. The molecule has 0 saturated heterocycles. The first-order valence-electron chi connectivity index (χ1n) is 8.27. The number of carboxylic acids is 1. The van der Waals surface area contributed by atoms with E-state index in [1.54, 1.807) is 24.3 Å². The van der Waals surface area contributed by atoms with Crippen molar-refractivity contribution < 1.29 is 19.4 Å². The van der Waals surface area contributed by atoms with Gasteiger partial charge in [-0.2, -0.15) is 0 Å². The smallest absolute Gasteiger partial charge is 0.335 e. The number of rotatable bonds is 7. The number of hydrogen-bond donors (Lipinski definition) is 2. The van der Waals surface area contributed by atoms with E-state index in [1.165, 1.54) is 19.3 Å². The highest BCUT2D eigenvalue weighted by Crippen LogP contribution is 2.26. The minimum atomic E-state index is -0.932. The third kappa shape index (κ3) is 5.67. The fourth-order valence-electron chi connectivity index (χ4n) is 2.92. The largest absolute Gasteiger partial charge is 0.478 e. The van der Waals surface area contributed by atoms with Crippen LogP contribution in [-0.4, -0.2) is 36.2 Å². The molecule has 1 aliphatic carbocycles. The van der Waals surface area contributed by atoms with E-state index in [1.807, 2.05) is 0 Å². The zero-order chi connectivity index (χ0) is 16.7. The first-order chi connectivity index (χ1) is 11.1. The summed E-state index contributed by atoms with van der Waals surface area (Å²) in [6.45, 7) is 2.82. The summed E-state index contributed by atoms with van der Waals surface area (Å²) in [5, 5.41) is 11.7. The van der Waals surface area contributed by atoms with Crippen LogP contribution in [-0.2, 0) is 16.0 Å². The highest BCUT2D eigenvalue weighted by molar-refractivity contribution is 5.87. The van der Waals surface area contributed by atoms with E-state index in [9.17, 15) is 9.59 Å². The van der Waals surface area contributed by atoms with Crippen LogP contribution in [0.15, 0.2) is 24.3 Å². The van der Waals surface area contributed by atoms with Crippen LogP contribution in [0.25, 0.3) is 0 Å². The van der Waals surface area contributed by atoms with Crippen LogP contribution in [0.2, 0.25) is 0 Å². The second-order valence-corrected chi connectivity index (χ2v) is 6.21. The van der Waals surface area contributed by atoms with Gasteiger partial charge in [0.2, 0.25) is 5.91 Å². The van der Waals surface area contributed by atoms with Crippen molar-refractivity contribution in [2.24, 2.45) is 5.92 Å². The molecule has 1 saturated carbocycles. The Bertz CT molecular complexity index is 526. The van der Waals surface area contributed by atoms with Gasteiger partial charge in [0.15, 0.2) is 0 Å². The summed E-state index contributed by atoms with van der Waals surface area (Å²) in [5.74, 6) is -0.492. The Labute approximate surface area is 137 Å². The van der Waals surface area contributed by atoms with E-state index < -0.39 is 5.97 Å². The van der Waals surface area contributed by atoms with Crippen LogP contribution in [0.5, 0.6) is 0 Å². The van der Waals surface area contributed by atoms with Gasteiger partial charge in [0.05, 0.1) is 11.7 Å². The molecule has 0 bridgehead atoms. The second-order valence-electron chi connectivity index (χ2n) is 6.21. The predicted molar refractivity (Wildman–Crippen MR) is 87.5 cm³/mol. The number of amides is 1. The number of carboxylic acid groups (broad SMARTS) is 1. The van der Waals surface area contributed by atoms with Crippen molar-refractivity contribution >= 4 is 11.9 Å². The maximum atomic E-state index is 11.8. The summed E-state index contributed by atoms with van der Waals surface area (Å²) in [5.41, 5.74) is 1.27. The van der Waals surface area contributed by atoms with E-state index >= 15 is 0 Å². The number of carbonyl (C=O) groups excluding carboxylic acids is 1. The molecule has 1 amide bonds. The van der Waals surface area contributed by atoms with Gasteiger partial charge in [-0.25, -0.2) is 4.79 Å². The van der Waals surface area contributed by atoms with Gasteiger partial charge in [0, 0.05) is 6.54 Å². The Morgan fingerprint density at radius 1 is 1.22 bits per heavy atom. The quantitative estimate of drug-likeness (QED) is 0.810. The number of nitrogens with one attached hydrogen (secondary N) is 1. The molecule has 0 aromatic heterocycles. The van der Waals surface area contributed by atoms with Gasteiger partial charge in [-0.05, 0) is 42.9 Å². The predicted octanol–water partition coefficient (Wildman–Crippen LogP) is 2.64. The number of aromatic carboxylic acids is 1. The molecule has 5 nitrogen and oxygen atoms in total. The van der Waals surface area contributed by atoms with Gasteiger partial charge in [-0.15, -0.1) is 0 Å². The van der Waals surface area contributed by atoms with Crippen molar-refractivity contribution in [2.75, 3.05) is 13.2 Å². The summed E-state index contributed by atoms with van der Waals surface area (Å²) in [7, 11) is 0. The molecule has 0 spiro atoms. The van der Waals surface area contributed by atoms with Crippen molar-refractivity contribution in [2.45, 2.75) is 45.1 Å². The molecule has 23 heavy (non-hydrogen) atoms. The van der Waals surface area contributed by atoms with Crippen molar-refractivity contribution in [1.29, 1.82) is 0 Å². The van der Waals surface area contributed by atoms with Crippen LogP contribution in [0.4, 0.5) is 0 Å². The molecule has 0 radical (unpaired) electrons. The molecular weight excluding hydrogens is 294 g/mol. The van der Waals surface area contributed by atoms with E-state index in [4.69, 9.17) is 9.84 Å². The van der Waals surface area contributed by atoms with E-state index in [-0.39, 0.29) is 24.2 Å². The minimum absolute atomic E-state index is 0.0927. The van der Waals surface area contributed by atoms with Gasteiger partial charge in [0.1, 0.15) is 6.61 Å². The molecule has 2 unspecified atom stereocenters. The minimum Gasteiger partial charge on any atom is -0.478 e. The third-order valence-electron chi connectivity index (χ3n) is 4.40. The highest BCUT2D eigenvalue weighted by atomic mass is 16.5. The van der Waals surface area contributed by atoms with Gasteiger partial charge >= 0.3 is 5.97 Å². The zero-order valence-electron chi connectivity index (χ0n) is 13.6. The lowest BCUT2D eigenvalue weighted by atomic mass is 9.88. The first kappa shape index (κ1) is 17.5. The average molecular weight is 319 g/mol. The highest BCUT2D eigenvalue weighted by Gasteiger charge is 2.22. The van der Waals surface area contributed by atoms with Crippen molar-refractivity contribution in [1.82, 2.24) is 5.32 Å². The average Bonchev–Trinajstić information content (AvgIpc) is 2.54. The van der Waals surface area contributed by atoms with Crippen molar-refractivity contribution in [3.05, 3.63) is 35.4 Å². The molecule has 0 heterocycles. The van der Waals surface area contributed by atoms with E-state index in [2.05, 4.69) is 12.2 Å². The Balaban J connectivity index is 1.65. The molecule has 1 aliphatic rings. The van der Waals surface area contributed by atoms with E-state index in [0.29, 0.717) is 18.9 Å².